The summed E-state index contributed by atoms with van der Waals surface area (Å²) in [6.45, 7) is 4.01. The lowest BCUT2D eigenvalue weighted by atomic mass is 9.96. The SMILES string of the molecule is CN(C)c1ccc(C(c2cccc(F)c2)N2CCCNCC2)cc1. The van der Waals surface area contributed by atoms with Crippen molar-refractivity contribution in [1.82, 2.24) is 10.2 Å². The summed E-state index contributed by atoms with van der Waals surface area (Å²) in [6, 6.07) is 15.7. The van der Waals surface area contributed by atoms with Crippen LogP contribution >= 0.6 is 0 Å². The van der Waals surface area contributed by atoms with Crippen LogP contribution in [-0.4, -0.2) is 45.2 Å². The highest BCUT2D eigenvalue weighted by Crippen LogP contribution is 2.30. The topological polar surface area (TPSA) is 18.5 Å². The van der Waals surface area contributed by atoms with Crippen molar-refractivity contribution in [3.63, 3.8) is 0 Å². The first-order valence-electron chi connectivity index (χ1n) is 8.62. The molecule has 1 atom stereocenters. The van der Waals surface area contributed by atoms with E-state index in [1.165, 1.54) is 17.3 Å². The van der Waals surface area contributed by atoms with E-state index in [-0.39, 0.29) is 11.9 Å². The van der Waals surface area contributed by atoms with E-state index < -0.39 is 0 Å². The van der Waals surface area contributed by atoms with Crippen LogP contribution in [-0.2, 0) is 0 Å². The van der Waals surface area contributed by atoms with Gasteiger partial charge in [0.1, 0.15) is 5.82 Å². The summed E-state index contributed by atoms with van der Waals surface area (Å²) in [5.41, 5.74) is 3.41. The number of hydrogen-bond donors (Lipinski definition) is 1. The number of hydrogen-bond acceptors (Lipinski definition) is 3. The summed E-state index contributed by atoms with van der Waals surface area (Å²) in [6.07, 6.45) is 1.11. The quantitative estimate of drug-likeness (QED) is 0.930. The van der Waals surface area contributed by atoms with Crippen LogP contribution in [0, 0.1) is 5.82 Å². The minimum atomic E-state index is -0.171. The van der Waals surface area contributed by atoms with Crippen molar-refractivity contribution in [2.45, 2.75) is 12.5 Å². The highest BCUT2D eigenvalue weighted by molar-refractivity contribution is 5.47. The van der Waals surface area contributed by atoms with Gasteiger partial charge < -0.3 is 10.2 Å². The third-order valence-electron chi connectivity index (χ3n) is 4.63. The lowest BCUT2D eigenvalue weighted by Crippen LogP contribution is -2.33. The van der Waals surface area contributed by atoms with Crippen molar-refractivity contribution < 1.29 is 4.39 Å². The van der Waals surface area contributed by atoms with Gasteiger partial charge in [-0.25, -0.2) is 4.39 Å². The van der Waals surface area contributed by atoms with Crippen LogP contribution in [0.3, 0.4) is 0 Å². The first-order valence-corrected chi connectivity index (χ1v) is 8.62. The molecule has 0 spiro atoms. The fourth-order valence-electron chi connectivity index (χ4n) is 3.37. The van der Waals surface area contributed by atoms with Crippen LogP contribution in [0.15, 0.2) is 48.5 Å². The van der Waals surface area contributed by atoms with Gasteiger partial charge in [0.2, 0.25) is 0 Å². The van der Waals surface area contributed by atoms with Gasteiger partial charge in [-0.3, -0.25) is 4.90 Å². The first-order chi connectivity index (χ1) is 11.6. The standard InChI is InChI=1S/C20H26FN3/c1-23(2)19-9-7-16(8-10-19)20(17-5-3-6-18(21)15-17)24-13-4-11-22-12-14-24/h3,5-10,15,20,22H,4,11-14H2,1-2H3. The maximum atomic E-state index is 13.8. The van der Waals surface area contributed by atoms with E-state index in [1.54, 1.807) is 6.07 Å². The molecule has 1 heterocycles. The molecule has 3 nitrogen and oxygen atoms in total. The Labute approximate surface area is 144 Å². The lowest BCUT2D eigenvalue weighted by Gasteiger charge is -2.31. The summed E-state index contributed by atoms with van der Waals surface area (Å²) in [5, 5.41) is 3.45. The molecule has 1 fully saturated rings. The molecule has 1 unspecified atom stereocenters. The Balaban J connectivity index is 1.97. The van der Waals surface area contributed by atoms with E-state index in [0.29, 0.717) is 0 Å². The smallest absolute Gasteiger partial charge is 0.123 e. The molecule has 3 rings (SSSR count). The molecule has 128 valence electrons. The number of anilines is 1. The van der Waals surface area contributed by atoms with Crippen LogP contribution < -0.4 is 10.2 Å². The fraction of sp³-hybridized carbons (Fsp3) is 0.400. The molecule has 1 N–H and O–H groups in total. The molecule has 0 aromatic heterocycles. The van der Waals surface area contributed by atoms with Gasteiger partial charge in [-0.1, -0.05) is 24.3 Å². The average molecular weight is 327 g/mol. The molecule has 2 aromatic rings. The molecule has 1 aliphatic rings. The molecule has 0 saturated carbocycles. The molecule has 0 amide bonds. The Kier molecular flexibility index (Phi) is 5.48. The zero-order chi connectivity index (χ0) is 16.9. The molecule has 24 heavy (non-hydrogen) atoms. The van der Waals surface area contributed by atoms with Gasteiger partial charge in [0.15, 0.2) is 0 Å². The first kappa shape index (κ1) is 16.9. The van der Waals surface area contributed by atoms with Crippen LogP contribution in [0.1, 0.15) is 23.6 Å². The highest BCUT2D eigenvalue weighted by Gasteiger charge is 2.23. The summed E-state index contributed by atoms with van der Waals surface area (Å²) in [5.74, 6) is -0.171. The Morgan fingerprint density at radius 3 is 2.50 bits per heavy atom. The highest BCUT2D eigenvalue weighted by atomic mass is 19.1. The number of rotatable bonds is 4. The third-order valence-corrected chi connectivity index (χ3v) is 4.63. The Bertz CT molecular complexity index is 646. The van der Waals surface area contributed by atoms with Crippen molar-refractivity contribution >= 4 is 5.69 Å². The predicted molar refractivity (Wildman–Crippen MR) is 98.1 cm³/mol. The van der Waals surface area contributed by atoms with Gasteiger partial charge in [-0.05, 0) is 48.4 Å². The molecule has 4 heteroatoms. The maximum absolute atomic E-state index is 13.8. The van der Waals surface area contributed by atoms with Gasteiger partial charge >= 0.3 is 0 Å². The van der Waals surface area contributed by atoms with Gasteiger partial charge in [0.25, 0.3) is 0 Å². The number of benzene rings is 2. The van der Waals surface area contributed by atoms with E-state index in [9.17, 15) is 4.39 Å². The number of nitrogens with one attached hydrogen (secondary N) is 1. The molecule has 1 saturated heterocycles. The van der Waals surface area contributed by atoms with Crippen molar-refractivity contribution in [3.8, 4) is 0 Å². The van der Waals surface area contributed by atoms with E-state index in [4.69, 9.17) is 0 Å². The van der Waals surface area contributed by atoms with Gasteiger partial charge in [-0.15, -0.1) is 0 Å². The van der Waals surface area contributed by atoms with Crippen molar-refractivity contribution in [2.75, 3.05) is 45.2 Å². The van der Waals surface area contributed by atoms with Crippen molar-refractivity contribution in [1.29, 1.82) is 0 Å². The second-order valence-electron chi connectivity index (χ2n) is 6.58. The van der Waals surface area contributed by atoms with Crippen LogP contribution in [0.4, 0.5) is 10.1 Å². The van der Waals surface area contributed by atoms with E-state index in [2.05, 4.69) is 39.4 Å². The van der Waals surface area contributed by atoms with Gasteiger partial charge in [0, 0.05) is 39.4 Å². The van der Waals surface area contributed by atoms with E-state index in [1.807, 2.05) is 26.2 Å². The van der Waals surface area contributed by atoms with Crippen LogP contribution in [0.25, 0.3) is 0 Å². The fourth-order valence-corrected chi connectivity index (χ4v) is 3.37. The van der Waals surface area contributed by atoms with E-state index >= 15 is 0 Å². The summed E-state index contributed by atoms with van der Waals surface area (Å²) < 4.78 is 13.8. The third kappa shape index (κ3) is 3.94. The molecule has 0 bridgehead atoms. The van der Waals surface area contributed by atoms with Gasteiger partial charge in [-0.2, -0.15) is 0 Å². The monoisotopic (exact) mass is 327 g/mol. The average Bonchev–Trinajstić information content (AvgIpc) is 2.85. The normalized spacial score (nSPS) is 17.3. The predicted octanol–water partition coefficient (Wildman–Crippen LogP) is 3.28. The van der Waals surface area contributed by atoms with Crippen molar-refractivity contribution in [2.24, 2.45) is 0 Å². The molecule has 1 aliphatic heterocycles. The molecular formula is C20H26FN3. The molecular weight excluding hydrogens is 301 g/mol. The maximum Gasteiger partial charge on any atom is 0.123 e. The zero-order valence-corrected chi connectivity index (χ0v) is 14.5. The lowest BCUT2D eigenvalue weighted by molar-refractivity contribution is 0.240. The Morgan fingerprint density at radius 1 is 1.00 bits per heavy atom. The molecule has 2 aromatic carbocycles. The second-order valence-corrected chi connectivity index (χ2v) is 6.58. The van der Waals surface area contributed by atoms with Gasteiger partial charge in [0.05, 0.1) is 6.04 Å². The van der Waals surface area contributed by atoms with E-state index in [0.717, 1.165) is 38.2 Å². The zero-order valence-electron chi connectivity index (χ0n) is 14.5. The molecule has 0 radical (unpaired) electrons. The van der Waals surface area contributed by atoms with Crippen LogP contribution in [0.2, 0.25) is 0 Å². The van der Waals surface area contributed by atoms with Crippen LogP contribution in [0.5, 0.6) is 0 Å². The number of halogens is 1. The second kappa shape index (κ2) is 7.77. The minimum Gasteiger partial charge on any atom is -0.378 e. The summed E-state index contributed by atoms with van der Waals surface area (Å²) >= 11 is 0. The minimum absolute atomic E-state index is 0.0943. The summed E-state index contributed by atoms with van der Waals surface area (Å²) in [4.78, 5) is 4.55. The summed E-state index contributed by atoms with van der Waals surface area (Å²) in [7, 11) is 4.08. The Hall–Kier alpha value is -1.91. The van der Waals surface area contributed by atoms with Crippen molar-refractivity contribution in [3.05, 3.63) is 65.5 Å². The molecule has 0 aliphatic carbocycles. The largest absolute Gasteiger partial charge is 0.378 e. The number of nitrogens with zero attached hydrogens (tertiary/aromatic N) is 2. The Morgan fingerprint density at radius 2 is 1.79 bits per heavy atom.